The van der Waals surface area contributed by atoms with Gasteiger partial charge in [0.05, 0.1) is 31.5 Å². The number of ether oxygens (including phenoxy) is 2. The molecule has 0 bridgehead atoms. The Bertz CT molecular complexity index is 1580. The summed E-state index contributed by atoms with van der Waals surface area (Å²) >= 11 is 0. The van der Waals surface area contributed by atoms with Gasteiger partial charge in [-0.2, -0.15) is 10.4 Å². The average Bonchev–Trinajstić information content (AvgIpc) is 3.85. The number of methoxy groups -OCH3 is 1. The van der Waals surface area contributed by atoms with E-state index in [9.17, 15) is 14.9 Å². The van der Waals surface area contributed by atoms with Crippen LogP contribution >= 0.6 is 0 Å². The molecule has 0 aliphatic heterocycles. The van der Waals surface area contributed by atoms with Crippen molar-refractivity contribution < 1.29 is 24.2 Å². The first kappa shape index (κ1) is 32.6. The van der Waals surface area contributed by atoms with E-state index < -0.39 is 6.09 Å². The maximum absolute atomic E-state index is 14.3. The van der Waals surface area contributed by atoms with Gasteiger partial charge < -0.3 is 24.8 Å². The fraction of sp³-hybridized carbons (Fsp3) is 0.514. The van der Waals surface area contributed by atoms with Crippen molar-refractivity contribution in [3.05, 3.63) is 66.0 Å². The molecule has 2 aromatic carbocycles. The number of anilines is 1. The fourth-order valence-corrected chi connectivity index (χ4v) is 7.20. The third kappa shape index (κ3) is 7.96. The van der Waals surface area contributed by atoms with Crippen molar-refractivity contribution in [3.63, 3.8) is 0 Å². The fourth-order valence-electron chi connectivity index (χ4n) is 7.20. The van der Waals surface area contributed by atoms with E-state index in [1.807, 2.05) is 35.4 Å². The number of aliphatic hydroxyl groups excluding tert-OH is 1. The molecule has 0 unspecified atom stereocenters. The Balaban J connectivity index is 1.16. The van der Waals surface area contributed by atoms with E-state index in [0.29, 0.717) is 61.4 Å². The zero-order valence-corrected chi connectivity index (χ0v) is 27.1. The number of hydrogen-bond acceptors (Lipinski definition) is 7. The van der Waals surface area contributed by atoms with E-state index in [1.165, 1.54) is 18.4 Å². The number of nitrogens with one attached hydrogen (secondary N) is 1. The smallest absolute Gasteiger partial charge is 0.407 e. The third-order valence-corrected chi connectivity index (χ3v) is 10.1. The van der Waals surface area contributed by atoms with Gasteiger partial charge in [0, 0.05) is 36.5 Å². The highest BCUT2D eigenvalue weighted by molar-refractivity contribution is 5.95. The topological polar surface area (TPSA) is 130 Å². The van der Waals surface area contributed by atoms with Crippen molar-refractivity contribution in [1.82, 2.24) is 15.1 Å². The predicted octanol–water partition coefficient (Wildman–Crippen LogP) is 6.35. The summed E-state index contributed by atoms with van der Waals surface area (Å²) in [5.74, 6) is 1.34. The molecule has 0 atom stereocenters. The molecular weight excluding hydrogens is 594 g/mol. The highest BCUT2D eigenvalue weighted by Crippen LogP contribution is 2.40. The van der Waals surface area contributed by atoms with Crippen LogP contribution in [0.4, 0.5) is 10.5 Å². The Kier molecular flexibility index (Phi) is 10.4. The number of amides is 2. The molecule has 6 rings (SSSR count). The van der Waals surface area contributed by atoms with Crippen LogP contribution in [-0.2, 0) is 9.53 Å². The van der Waals surface area contributed by atoms with Crippen molar-refractivity contribution in [1.29, 1.82) is 5.26 Å². The van der Waals surface area contributed by atoms with E-state index in [2.05, 4.69) is 45.6 Å². The SMILES string of the molecule is COc1ccc(C2CCC(CN(C(=O)C3CCC(OC(=O)NCCO)CC3)c3cccc(-c4cnn(C5CC5)c4)c3)CC2)cc1C#N. The van der Waals surface area contributed by atoms with Gasteiger partial charge in [-0.1, -0.05) is 18.2 Å². The first-order chi connectivity index (χ1) is 22.9. The minimum absolute atomic E-state index is 0.134. The van der Waals surface area contributed by atoms with E-state index in [1.54, 1.807) is 7.11 Å². The largest absolute Gasteiger partial charge is 0.495 e. The van der Waals surface area contributed by atoms with Crippen LogP contribution in [0.2, 0.25) is 0 Å². The van der Waals surface area contributed by atoms with Crippen LogP contribution in [0, 0.1) is 23.2 Å². The number of aromatic nitrogens is 2. The lowest BCUT2D eigenvalue weighted by Gasteiger charge is -2.36. The Morgan fingerprint density at radius 1 is 1.02 bits per heavy atom. The molecule has 3 aliphatic carbocycles. The molecule has 3 saturated carbocycles. The summed E-state index contributed by atoms with van der Waals surface area (Å²) in [6, 6.07) is 17.0. The standard InChI is InChI=1S/C37H45N5O5/c1-46-35-16-11-29(19-30(35)21-38)26-7-5-25(6-8-26)23-41(36(44)27-9-14-34(15-10-27)47-37(45)39-17-18-43)33-4-2-3-28(20-33)31-22-40-42(24-31)32-12-13-32/h2-4,11,16,19-20,22,24-27,32,34,43H,5-10,12-15,17-18,23H2,1H3,(H,39,45). The Labute approximate surface area is 276 Å². The summed E-state index contributed by atoms with van der Waals surface area (Å²) in [6.07, 6.45) is 12.2. The first-order valence-electron chi connectivity index (χ1n) is 17.0. The summed E-state index contributed by atoms with van der Waals surface area (Å²) in [6.45, 7) is 0.675. The van der Waals surface area contributed by atoms with E-state index in [0.717, 1.165) is 42.5 Å². The molecule has 10 nitrogen and oxygen atoms in total. The van der Waals surface area contributed by atoms with Gasteiger partial charge in [-0.25, -0.2) is 4.79 Å². The number of hydrogen-bond donors (Lipinski definition) is 2. The minimum atomic E-state index is -0.522. The maximum atomic E-state index is 14.3. The zero-order valence-electron chi connectivity index (χ0n) is 27.1. The summed E-state index contributed by atoms with van der Waals surface area (Å²) < 4.78 is 12.9. The second-order valence-corrected chi connectivity index (χ2v) is 13.3. The lowest BCUT2D eigenvalue weighted by Crippen LogP contribution is -2.42. The zero-order chi connectivity index (χ0) is 32.8. The molecule has 3 aliphatic rings. The van der Waals surface area contributed by atoms with Gasteiger partial charge in [0.1, 0.15) is 17.9 Å². The number of alkyl carbamates (subject to hydrolysis) is 1. The van der Waals surface area contributed by atoms with Crippen LogP contribution < -0.4 is 15.0 Å². The summed E-state index contributed by atoms with van der Waals surface area (Å²) in [5.41, 5.74) is 4.76. The van der Waals surface area contributed by atoms with Crippen LogP contribution in [0.5, 0.6) is 5.75 Å². The average molecular weight is 640 g/mol. The number of carbonyl (C=O) groups excluding carboxylic acids is 2. The highest BCUT2D eigenvalue weighted by atomic mass is 16.6. The molecule has 10 heteroatoms. The minimum Gasteiger partial charge on any atom is -0.495 e. The van der Waals surface area contributed by atoms with Gasteiger partial charge in [0.25, 0.3) is 0 Å². The van der Waals surface area contributed by atoms with Crippen LogP contribution in [0.25, 0.3) is 11.1 Å². The van der Waals surface area contributed by atoms with Crippen molar-refractivity contribution in [2.45, 2.75) is 82.3 Å². The third-order valence-electron chi connectivity index (χ3n) is 10.1. The highest BCUT2D eigenvalue weighted by Gasteiger charge is 2.34. The quantitative estimate of drug-likeness (QED) is 0.250. The monoisotopic (exact) mass is 639 g/mol. The second kappa shape index (κ2) is 15.0. The Morgan fingerprint density at radius 3 is 2.51 bits per heavy atom. The van der Waals surface area contributed by atoms with E-state index >= 15 is 0 Å². The molecule has 0 saturated heterocycles. The van der Waals surface area contributed by atoms with Crippen molar-refractivity contribution >= 4 is 17.7 Å². The van der Waals surface area contributed by atoms with Gasteiger partial charge in [-0.05, 0) is 111 Å². The second-order valence-electron chi connectivity index (χ2n) is 13.3. The number of aliphatic hydroxyl groups is 1. The summed E-state index contributed by atoms with van der Waals surface area (Å²) in [5, 5.41) is 25.7. The van der Waals surface area contributed by atoms with Crippen LogP contribution in [-0.4, -0.2) is 59.8 Å². The van der Waals surface area contributed by atoms with E-state index in [-0.39, 0.29) is 31.1 Å². The maximum Gasteiger partial charge on any atom is 0.407 e. The lowest BCUT2D eigenvalue weighted by atomic mass is 9.78. The summed E-state index contributed by atoms with van der Waals surface area (Å²) in [7, 11) is 1.59. The van der Waals surface area contributed by atoms with Gasteiger partial charge in [0.2, 0.25) is 5.91 Å². The normalized spacial score (nSPS) is 22.6. The molecule has 2 N–H and O–H groups in total. The van der Waals surface area contributed by atoms with Gasteiger partial charge in [0.15, 0.2) is 0 Å². The molecule has 248 valence electrons. The van der Waals surface area contributed by atoms with Crippen molar-refractivity contribution in [3.8, 4) is 22.9 Å². The number of carbonyl (C=O) groups is 2. The molecule has 47 heavy (non-hydrogen) atoms. The van der Waals surface area contributed by atoms with Gasteiger partial charge in [-0.3, -0.25) is 9.48 Å². The van der Waals surface area contributed by atoms with Gasteiger partial charge in [-0.15, -0.1) is 0 Å². The van der Waals surface area contributed by atoms with Crippen LogP contribution in [0.3, 0.4) is 0 Å². The first-order valence-corrected chi connectivity index (χ1v) is 17.0. The van der Waals surface area contributed by atoms with Crippen LogP contribution in [0.1, 0.15) is 87.3 Å². The molecular formula is C37H45N5O5. The predicted molar refractivity (Wildman–Crippen MR) is 178 cm³/mol. The lowest BCUT2D eigenvalue weighted by molar-refractivity contribution is -0.124. The van der Waals surface area contributed by atoms with Gasteiger partial charge >= 0.3 is 6.09 Å². The molecule has 3 fully saturated rings. The molecule has 2 amide bonds. The van der Waals surface area contributed by atoms with Crippen molar-refractivity contribution in [2.75, 3.05) is 31.7 Å². The Hall–Kier alpha value is -4.36. The summed E-state index contributed by atoms with van der Waals surface area (Å²) in [4.78, 5) is 28.4. The number of benzene rings is 2. The molecule has 0 radical (unpaired) electrons. The molecule has 1 heterocycles. The van der Waals surface area contributed by atoms with Crippen LogP contribution in [0.15, 0.2) is 54.9 Å². The molecule has 0 spiro atoms. The molecule has 3 aromatic rings. The number of rotatable bonds is 11. The molecule has 1 aromatic heterocycles. The Morgan fingerprint density at radius 2 is 1.81 bits per heavy atom. The van der Waals surface area contributed by atoms with Crippen molar-refractivity contribution in [2.24, 2.45) is 11.8 Å². The van der Waals surface area contributed by atoms with E-state index in [4.69, 9.17) is 14.6 Å². The number of nitrogens with zero attached hydrogens (tertiary/aromatic N) is 4. The number of nitriles is 1.